The summed E-state index contributed by atoms with van der Waals surface area (Å²) in [7, 11) is -3.72. The van der Waals surface area contributed by atoms with Crippen LogP contribution in [0, 0.1) is 0 Å². The Hall–Kier alpha value is -1.19. The summed E-state index contributed by atoms with van der Waals surface area (Å²) in [5.41, 5.74) is 0. The number of sulfonamides is 1. The van der Waals surface area contributed by atoms with Crippen LogP contribution >= 0.6 is 0 Å². The van der Waals surface area contributed by atoms with Crippen molar-refractivity contribution in [2.75, 3.05) is 38.6 Å². The van der Waals surface area contributed by atoms with Gasteiger partial charge < -0.3 is 14.8 Å². The molecule has 0 aromatic rings. The quantitative estimate of drug-likeness (QED) is 0.606. The third-order valence-corrected chi connectivity index (χ3v) is 4.85. The molecular formula is C12H22N2O6S. The van der Waals surface area contributed by atoms with Gasteiger partial charge in [0.25, 0.3) is 0 Å². The molecule has 0 radical (unpaired) electrons. The Morgan fingerprint density at radius 1 is 1.24 bits per heavy atom. The van der Waals surface area contributed by atoms with E-state index in [2.05, 4.69) is 5.32 Å². The highest BCUT2D eigenvalue weighted by Gasteiger charge is 2.37. The SMILES string of the molecule is CCOC(=O)CCS(=O)(=O)N1CCNCC1C(=O)OCC. The number of carbonyl (C=O) groups excluding carboxylic acids is 2. The summed E-state index contributed by atoms with van der Waals surface area (Å²) in [6.07, 6.45) is -0.227. The Morgan fingerprint density at radius 2 is 1.90 bits per heavy atom. The smallest absolute Gasteiger partial charge is 0.325 e. The second-order valence-corrected chi connectivity index (χ2v) is 6.49. The molecule has 1 fully saturated rings. The number of carbonyl (C=O) groups is 2. The summed E-state index contributed by atoms with van der Waals surface area (Å²) in [4.78, 5) is 23.1. The highest BCUT2D eigenvalue weighted by molar-refractivity contribution is 7.89. The second kappa shape index (κ2) is 8.30. The molecule has 122 valence electrons. The van der Waals surface area contributed by atoms with E-state index in [-0.39, 0.29) is 38.5 Å². The molecule has 0 aliphatic carbocycles. The van der Waals surface area contributed by atoms with E-state index in [9.17, 15) is 18.0 Å². The van der Waals surface area contributed by atoms with Crippen molar-refractivity contribution < 1.29 is 27.5 Å². The lowest BCUT2D eigenvalue weighted by Crippen LogP contribution is -2.57. The molecule has 21 heavy (non-hydrogen) atoms. The Labute approximate surface area is 124 Å². The fraction of sp³-hybridized carbons (Fsp3) is 0.833. The molecule has 8 nitrogen and oxygen atoms in total. The van der Waals surface area contributed by atoms with Crippen LogP contribution in [0.1, 0.15) is 20.3 Å². The van der Waals surface area contributed by atoms with Crippen LogP contribution in [-0.4, -0.2) is 69.3 Å². The second-order valence-electron chi connectivity index (χ2n) is 4.45. The first-order chi connectivity index (χ1) is 9.92. The van der Waals surface area contributed by atoms with E-state index in [4.69, 9.17) is 9.47 Å². The molecule has 0 saturated carbocycles. The maximum Gasteiger partial charge on any atom is 0.325 e. The maximum atomic E-state index is 12.3. The van der Waals surface area contributed by atoms with Gasteiger partial charge in [0, 0.05) is 19.6 Å². The number of hydrogen-bond acceptors (Lipinski definition) is 7. The minimum Gasteiger partial charge on any atom is -0.466 e. The van der Waals surface area contributed by atoms with E-state index in [1.807, 2.05) is 0 Å². The van der Waals surface area contributed by atoms with Crippen molar-refractivity contribution in [1.29, 1.82) is 0 Å². The molecular weight excluding hydrogens is 300 g/mol. The summed E-state index contributed by atoms with van der Waals surface area (Å²) in [6.45, 7) is 4.54. The van der Waals surface area contributed by atoms with E-state index in [0.29, 0.717) is 6.54 Å². The number of rotatable bonds is 7. The van der Waals surface area contributed by atoms with Crippen LogP contribution in [0.2, 0.25) is 0 Å². The Bertz CT molecular complexity index is 464. The van der Waals surface area contributed by atoms with Crippen molar-refractivity contribution in [2.24, 2.45) is 0 Å². The fourth-order valence-corrected chi connectivity index (χ4v) is 3.60. The third-order valence-electron chi connectivity index (χ3n) is 2.98. The normalized spacial score (nSPS) is 20.0. The van der Waals surface area contributed by atoms with Crippen molar-refractivity contribution in [3.63, 3.8) is 0 Å². The van der Waals surface area contributed by atoms with Crippen molar-refractivity contribution in [3.8, 4) is 0 Å². The van der Waals surface area contributed by atoms with Crippen LogP contribution in [0.15, 0.2) is 0 Å². The molecule has 1 aliphatic heterocycles. The molecule has 1 unspecified atom stereocenters. The molecule has 1 N–H and O–H groups in total. The highest BCUT2D eigenvalue weighted by atomic mass is 32.2. The minimum absolute atomic E-state index is 0.175. The van der Waals surface area contributed by atoms with Crippen LogP contribution < -0.4 is 5.32 Å². The van der Waals surface area contributed by atoms with Crippen LogP contribution in [-0.2, 0) is 29.1 Å². The lowest BCUT2D eigenvalue weighted by Gasteiger charge is -2.33. The monoisotopic (exact) mass is 322 g/mol. The maximum absolute atomic E-state index is 12.3. The number of hydrogen-bond donors (Lipinski definition) is 1. The number of nitrogens with zero attached hydrogens (tertiary/aromatic N) is 1. The molecule has 1 atom stereocenters. The Balaban J connectivity index is 2.73. The van der Waals surface area contributed by atoms with E-state index < -0.39 is 28.0 Å². The van der Waals surface area contributed by atoms with Gasteiger partial charge in [0.15, 0.2) is 0 Å². The number of ether oxygens (including phenoxy) is 2. The minimum atomic E-state index is -3.72. The van der Waals surface area contributed by atoms with Crippen LogP contribution in [0.4, 0.5) is 0 Å². The Morgan fingerprint density at radius 3 is 2.52 bits per heavy atom. The molecule has 9 heteroatoms. The van der Waals surface area contributed by atoms with Crippen molar-refractivity contribution in [3.05, 3.63) is 0 Å². The fourth-order valence-electron chi connectivity index (χ4n) is 2.02. The van der Waals surface area contributed by atoms with E-state index >= 15 is 0 Å². The summed E-state index contributed by atoms with van der Waals surface area (Å²) in [5.74, 6) is -1.52. The molecule has 0 aromatic heterocycles. The van der Waals surface area contributed by atoms with Gasteiger partial charge in [-0.15, -0.1) is 0 Å². The molecule has 1 aliphatic rings. The van der Waals surface area contributed by atoms with E-state index in [1.165, 1.54) is 0 Å². The third kappa shape index (κ3) is 5.25. The average Bonchev–Trinajstić information content (AvgIpc) is 2.46. The number of esters is 2. The number of nitrogens with one attached hydrogen (secondary N) is 1. The summed E-state index contributed by atoms with van der Waals surface area (Å²) >= 11 is 0. The first-order valence-corrected chi connectivity index (χ1v) is 8.55. The van der Waals surface area contributed by atoms with Crippen molar-refractivity contribution in [2.45, 2.75) is 26.3 Å². The molecule has 1 saturated heterocycles. The molecule has 1 heterocycles. The predicted molar refractivity (Wildman–Crippen MR) is 75.0 cm³/mol. The van der Waals surface area contributed by atoms with Crippen molar-refractivity contribution >= 4 is 22.0 Å². The van der Waals surface area contributed by atoms with Gasteiger partial charge in [-0.3, -0.25) is 9.59 Å². The zero-order valence-corrected chi connectivity index (χ0v) is 13.1. The Kier molecular flexibility index (Phi) is 7.06. The standard InChI is InChI=1S/C12H22N2O6S/c1-3-19-11(15)5-8-21(17,18)14-7-6-13-9-10(14)12(16)20-4-2/h10,13H,3-9H2,1-2H3. The van der Waals surface area contributed by atoms with Crippen molar-refractivity contribution in [1.82, 2.24) is 9.62 Å². The topological polar surface area (TPSA) is 102 Å². The van der Waals surface area contributed by atoms with Gasteiger partial charge in [0.2, 0.25) is 10.0 Å². The van der Waals surface area contributed by atoms with Gasteiger partial charge >= 0.3 is 11.9 Å². The van der Waals surface area contributed by atoms with Gasteiger partial charge in [0.1, 0.15) is 6.04 Å². The largest absolute Gasteiger partial charge is 0.466 e. The van der Waals surface area contributed by atoms with Gasteiger partial charge in [-0.05, 0) is 13.8 Å². The molecule has 0 aromatic carbocycles. The van der Waals surface area contributed by atoms with Gasteiger partial charge in [0.05, 0.1) is 25.4 Å². The lowest BCUT2D eigenvalue weighted by atomic mass is 10.2. The van der Waals surface area contributed by atoms with Gasteiger partial charge in [-0.2, -0.15) is 4.31 Å². The van der Waals surface area contributed by atoms with E-state index in [1.54, 1.807) is 13.8 Å². The molecule has 0 amide bonds. The number of piperazine rings is 1. The summed E-state index contributed by atoms with van der Waals surface area (Å²) in [5, 5.41) is 2.96. The molecule has 0 bridgehead atoms. The zero-order valence-electron chi connectivity index (χ0n) is 12.3. The first kappa shape index (κ1) is 17.9. The predicted octanol–water partition coefficient (Wildman–Crippen LogP) is -0.894. The molecule has 1 rings (SSSR count). The summed E-state index contributed by atoms with van der Waals surface area (Å²) in [6, 6.07) is -0.883. The van der Waals surface area contributed by atoms with Crippen LogP contribution in [0.3, 0.4) is 0 Å². The highest BCUT2D eigenvalue weighted by Crippen LogP contribution is 2.13. The first-order valence-electron chi connectivity index (χ1n) is 6.94. The lowest BCUT2D eigenvalue weighted by molar-refractivity contribution is -0.148. The van der Waals surface area contributed by atoms with Crippen LogP contribution in [0.5, 0.6) is 0 Å². The zero-order chi connectivity index (χ0) is 15.9. The molecule has 0 spiro atoms. The summed E-state index contributed by atoms with van der Waals surface area (Å²) < 4.78 is 35.3. The van der Waals surface area contributed by atoms with Gasteiger partial charge in [-0.25, -0.2) is 8.42 Å². The van der Waals surface area contributed by atoms with Crippen LogP contribution in [0.25, 0.3) is 0 Å². The van der Waals surface area contributed by atoms with E-state index in [0.717, 1.165) is 4.31 Å². The van der Waals surface area contributed by atoms with Gasteiger partial charge in [-0.1, -0.05) is 0 Å². The average molecular weight is 322 g/mol.